The lowest BCUT2D eigenvalue weighted by Gasteiger charge is -2.27. The molecule has 7 heteroatoms. The van der Waals surface area contributed by atoms with Crippen LogP contribution in [0.1, 0.15) is 16.7 Å². The van der Waals surface area contributed by atoms with Gasteiger partial charge in [-0.25, -0.2) is 8.42 Å². The highest BCUT2D eigenvalue weighted by Gasteiger charge is 2.28. The third kappa shape index (κ3) is 3.71. The largest absolute Gasteiger partial charge is 0.368 e. The molecule has 0 saturated heterocycles. The van der Waals surface area contributed by atoms with Crippen LogP contribution in [0.3, 0.4) is 0 Å². The van der Waals surface area contributed by atoms with Gasteiger partial charge in [0.25, 0.3) is 10.0 Å². The fraction of sp³-hybridized carbons (Fsp3) is 0.235. The molecule has 0 aliphatic heterocycles. The number of hydrogen-bond donors (Lipinski definition) is 1. The maximum Gasteiger partial charge on any atom is 0.264 e. The van der Waals surface area contributed by atoms with E-state index in [-0.39, 0.29) is 4.90 Å². The zero-order valence-electron chi connectivity index (χ0n) is 13.7. The quantitative estimate of drug-likeness (QED) is 0.883. The average Bonchev–Trinajstić information content (AvgIpc) is 2.45. The molecule has 128 valence electrons. The number of hydrogen-bond acceptors (Lipinski definition) is 3. The Labute approximate surface area is 147 Å². The third-order valence-corrected chi connectivity index (χ3v) is 5.60. The fourth-order valence-electron chi connectivity index (χ4n) is 2.73. The molecule has 2 aromatic rings. The summed E-state index contributed by atoms with van der Waals surface area (Å²) in [5, 5.41) is 0.429. The normalized spacial score (nSPS) is 11.3. The van der Waals surface area contributed by atoms with Crippen LogP contribution in [0, 0.1) is 20.8 Å². The molecular formula is C17H19ClN2O3S. The first kappa shape index (κ1) is 18.3. The molecule has 0 aromatic heterocycles. The highest BCUT2D eigenvalue weighted by Crippen LogP contribution is 2.31. The van der Waals surface area contributed by atoms with E-state index >= 15 is 0 Å². The highest BCUT2D eigenvalue weighted by molar-refractivity contribution is 7.92. The summed E-state index contributed by atoms with van der Waals surface area (Å²) in [6, 6.07) is 9.54. The Hall–Kier alpha value is -2.05. The van der Waals surface area contributed by atoms with E-state index in [1.54, 1.807) is 13.8 Å². The van der Waals surface area contributed by atoms with E-state index in [0.717, 1.165) is 21.0 Å². The van der Waals surface area contributed by atoms with E-state index in [9.17, 15) is 13.2 Å². The molecule has 1 amide bonds. The zero-order chi connectivity index (χ0) is 18.1. The number of nitrogens with two attached hydrogens (primary N) is 1. The van der Waals surface area contributed by atoms with Crippen LogP contribution < -0.4 is 10.0 Å². The Morgan fingerprint density at radius 1 is 1.08 bits per heavy atom. The van der Waals surface area contributed by atoms with Gasteiger partial charge >= 0.3 is 0 Å². The number of amides is 1. The molecular weight excluding hydrogens is 348 g/mol. The minimum absolute atomic E-state index is 0.0486. The van der Waals surface area contributed by atoms with Crippen LogP contribution >= 0.6 is 11.6 Å². The molecule has 0 bridgehead atoms. The maximum absolute atomic E-state index is 13.0. The van der Waals surface area contributed by atoms with Gasteiger partial charge in [-0.05, 0) is 56.2 Å². The predicted molar refractivity (Wildman–Crippen MR) is 95.8 cm³/mol. The molecule has 2 rings (SSSR count). The van der Waals surface area contributed by atoms with Crippen LogP contribution in [-0.4, -0.2) is 20.9 Å². The molecule has 0 aliphatic carbocycles. The molecule has 0 saturated carbocycles. The van der Waals surface area contributed by atoms with E-state index in [2.05, 4.69) is 0 Å². The number of carbonyl (C=O) groups excluding carboxylic acids is 1. The van der Waals surface area contributed by atoms with Crippen LogP contribution in [0.15, 0.2) is 41.3 Å². The number of carbonyl (C=O) groups is 1. The summed E-state index contributed by atoms with van der Waals surface area (Å²) in [5.74, 6) is -0.730. The first-order chi connectivity index (χ1) is 11.1. The van der Waals surface area contributed by atoms with Gasteiger partial charge in [-0.1, -0.05) is 29.3 Å². The van der Waals surface area contributed by atoms with Crippen LogP contribution in [0.25, 0.3) is 0 Å². The molecule has 2 N–H and O–H groups in total. The summed E-state index contributed by atoms with van der Waals surface area (Å²) in [6.45, 7) is 5.10. The Bertz CT molecular complexity index is 854. The number of aryl methyl sites for hydroxylation is 3. The number of halogens is 1. The second kappa shape index (κ2) is 6.83. The molecule has 0 fully saturated rings. The molecule has 5 nitrogen and oxygen atoms in total. The van der Waals surface area contributed by atoms with Crippen molar-refractivity contribution >= 4 is 33.2 Å². The first-order valence-corrected chi connectivity index (χ1v) is 9.09. The smallest absolute Gasteiger partial charge is 0.264 e. The summed E-state index contributed by atoms with van der Waals surface area (Å²) in [6.07, 6.45) is 0. The van der Waals surface area contributed by atoms with Gasteiger partial charge < -0.3 is 5.73 Å². The van der Waals surface area contributed by atoms with Gasteiger partial charge in [0.1, 0.15) is 6.54 Å². The number of primary amides is 1. The lowest BCUT2D eigenvalue weighted by molar-refractivity contribution is -0.116. The van der Waals surface area contributed by atoms with Crippen molar-refractivity contribution in [3.8, 4) is 0 Å². The predicted octanol–water partition coefficient (Wildman–Crippen LogP) is 2.95. The molecule has 0 atom stereocenters. The second-order valence-corrected chi connectivity index (χ2v) is 7.98. The van der Waals surface area contributed by atoms with Gasteiger partial charge in [-0.2, -0.15) is 0 Å². The summed E-state index contributed by atoms with van der Waals surface area (Å²) >= 11 is 5.83. The van der Waals surface area contributed by atoms with Gasteiger partial charge in [0.15, 0.2) is 0 Å². The Morgan fingerprint density at radius 2 is 1.58 bits per heavy atom. The van der Waals surface area contributed by atoms with Crippen molar-refractivity contribution in [3.05, 3.63) is 58.1 Å². The van der Waals surface area contributed by atoms with Crippen LogP contribution in [-0.2, 0) is 14.8 Å². The van der Waals surface area contributed by atoms with Gasteiger partial charge in [0, 0.05) is 5.02 Å². The fourth-order valence-corrected chi connectivity index (χ4v) is 4.41. The zero-order valence-corrected chi connectivity index (χ0v) is 15.3. The van der Waals surface area contributed by atoms with E-state index in [0.29, 0.717) is 10.7 Å². The van der Waals surface area contributed by atoms with Crippen molar-refractivity contribution < 1.29 is 13.2 Å². The molecule has 0 aliphatic rings. The van der Waals surface area contributed by atoms with Gasteiger partial charge in [-0.15, -0.1) is 0 Å². The lowest BCUT2D eigenvalue weighted by Crippen LogP contribution is -2.39. The molecule has 0 spiro atoms. The van der Waals surface area contributed by atoms with Gasteiger partial charge in [-0.3, -0.25) is 9.10 Å². The van der Waals surface area contributed by atoms with Crippen molar-refractivity contribution in [2.45, 2.75) is 25.7 Å². The minimum atomic E-state index is -3.95. The minimum Gasteiger partial charge on any atom is -0.368 e. The van der Waals surface area contributed by atoms with E-state index in [4.69, 9.17) is 17.3 Å². The first-order valence-electron chi connectivity index (χ1n) is 7.27. The van der Waals surface area contributed by atoms with E-state index in [1.807, 2.05) is 19.1 Å². The number of sulfonamides is 1. The molecule has 2 aromatic carbocycles. The van der Waals surface area contributed by atoms with E-state index < -0.39 is 22.5 Å². The highest BCUT2D eigenvalue weighted by atomic mass is 35.5. The van der Waals surface area contributed by atoms with Crippen molar-refractivity contribution in [1.29, 1.82) is 0 Å². The Morgan fingerprint density at radius 3 is 2.04 bits per heavy atom. The van der Waals surface area contributed by atoms with Crippen LogP contribution in [0.5, 0.6) is 0 Å². The Balaban J connectivity index is 2.65. The number of benzene rings is 2. The number of nitrogens with zero attached hydrogens (tertiary/aromatic N) is 1. The SMILES string of the molecule is Cc1cc(C)c(N(CC(N)=O)S(=O)(=O)c2ccc(Cl)cc2)c(C)c1. The monoisotopic (exact) mass is 366 g/mol. The third-order valence-electron chi connectivity index (χ3n) is 3.59. The average molecular weight is 367 g/mol. The molecule has 0 unspecified atom stereocenters. The van der Waals surface area contributed by atoms with Gasteiger partial charge in [0.2, 0.25) is 5.91 Å². The Kier molecular flexibility index (Phi) is 5.20. The standard InChI is InChI=1S/C17H19ClN2O3S/c1-11-8-12(2)17(13(3)9-11)20(10-16(19)21)24(22,23)15-6-4-14(18)5-7-15/h4-9H,10H2,1-3H3,(H2,19,21). The van der Waals surface area contributed by atoms with Crippen molar-refractivity contribution in [2.75, 3.05) is 10.8 Å². The van der Waals surface area contributed by atoms with Crippen molar-refractivity contribution in [1.82, 2.24) is 0 Å². The van der Waals surface area contributed by atoms with Crippen molar-refractivity contribution in [3.63, 3.8) is 0 Å². The van der Waals surface area contributed by atoms with Crippen LogP contribution in [0.4, 0.5) is 5.69 Å². The molecule has 0 radical (unpaired) electrons. The van der Waals surface area contributed by atoms with Crippen molar-refractivity contribution in [2.24, 2.45) is 5.73 Å². The second-order valence-electron chi connectivity index (χ2n) is 5.68. The number of anilines is 1. The summed E-state index contributed by atoms with van der Waals surface area (Å²) < 4.78 is 27.1. The van der Waals surface area contributed by atoms with Gasteiger partial charge in [0.05, 0.1) is 10.6 Å². The maximum atomic E-state index is 13.0. The van der Waals surface area contributed by atoms with Crippen LogP contribution in [0.2, 0.25) is 5.02 Å². The summed E-state index contributed by atoms with van der Waals surface area (Å²) in [4.78, 5) is 11.5. The van der Waals surface area contributed by atoms with E-state index in [1.165, 1.54) is 24.3 Å². The lowest BCUT2D eigenvalue weighted by atomic mass is 10.1. The molecule has 0 heterocycles. The summed E-state index contributed by atoms with van der Waals surface area (Å²) in [5.41, 5.74) is 8.28. The topological polar surface area (TPSA) is 80.5 Å². The summed E-state index contributed by atoms with van der Waals surface area (Å²) in [7, 11) is -3.95. The molecule has 24 heavy (non-hydrogen) atoms. The number of rotatable bonds is 5.